The van der Waals surface area contributed by atoms with Crippen molar-refractivity contribution in [2.45, 2.75) is 26.7 Å². The van der Waals surface area contributed by atoms with Crippen LogP contribution in [0.2, 0.25) is 0 Å². The molecule has 1 amide bonds. The van der Waals surface area contributed by atoms with Crippen molar-refractivity contribution < 1.29 is 9.53 Å². The lowest BCUT2D eigenvalue weighted by atomic mass is 10.2. The average molecular weight is 285 g/mol. The number of carbonyl (C=O) groups excluding carboxylic acids is 1. The van der Waals surface area contributed by atoms with Gasteiger partial charge in [-0.05, 0) is 37.6 Å². The number of carbonyl (C=O) groups is 1. The van der Waals surface area contributed by atoms with Crippen molar-refractivity contribution in [1.29, 1.82) is 0 Å². The van der Waals surface area contributed by atoms with Gasteiger partial charge in [-0.2, -0.15) is 5.10 Å². The second-order valence-electron chi connectivity index (χ2n) is 4.75. The smallest absolute Gasteiger partial charge is 0.251 e. The zero-order valence-corrected chi connectivity index (χ0v) is 12.3. The molecule has 110 valence electrons. The molecular formula is C16H19N3O2. The van der Waals surface area contributed by atoms with Crippen LogP contribution < -0.4 is 10.1 Å². The summed E-state index contributed by atoms with van der Waals surface area (Å²) in [6.45, 7) is 4.63. The summed E-state index contributed by atoms with van der Waals surface area (Å²) < 4.78 is 5.60. The minimum absolute atomic E-state index is 0.0936. The van der Waals surface area contributed by atoms with Crippen LogP contribution in [0.5, 0.6) is 11.6 Å². The molecule has 1 N–H and O–H groups in total. The van der Waals surface area contributed by atoms with Gasteiger partial charge >= 0.3 is 0 Å². The quantitative estimate of drug-likeness (QED) is 0.828. The number of aromatic nitrogens is 2. The fraction of sp³-hybridized carbons (Fsp3) is 0.312. The number of rotatable bonds is 6. The van der Waals surface area contributed by atoms with Gasteiger partial charge in [0.15, 0.2) is 0 Å². The molecule has 1 aromatic carbocycles. The fourth-order valence-corrected chi connectivity index (χ4v) is 1.74. The number of nitrogens with one attached hydrogen (secondary N) is 1. The summed E-state index contributed by atoms with van der Waals surface area (Å²) in [5, 5.41) is 10.7. The van der Waals surface area contributed by atoms with Gasteiger partial charge in [-0.25, -0.2) is 0 Å². The Bertz CT molecular complexity index is 597. The van der Waals surface area contributed by atoms with Crippen molar-refractivity contribution in [2.75, 3.05) is 6.54 Å². The third-order valence-electron chi connectivity index (χ3n) is 2.91. The molecule has 5 heteroatoms. The molecule has 0 bridgehead atoms. The van der Waals surface area contributed by atoms with Gasteiger partial charge in [0.2, 0.25) is 5.88 Å². The fourth-order valence-electron chi connectivity index (χ4n) is 1.74. The largest absolute Gasteiger partial charge is 0.438 e. The molecule has 0 saturated carbocycles. The Morgan fingerprint density at radius 2 is 2.10 bits per heavy atom. The molecule has 0 fully saturated rings. The summed E-state index contributed by atoms with van der Waals surface area (Å²) >= 11 is 0. The molecule has 0 atom stereocenters. The number of hydrogen-bond acceptors (Lipinski definition) is 4. The van der Waals surface area contributed by atoms with Gasteiger partial charge in [-0.15, -0.1) is 5.10 Å². The third-order valence-corrected chi connectivity index (χ3v) is 2.91. The molecular weight excluding hydrogens is 266 g/mol. The van der Waals surface area contributed by atoms with Crippen molar-refractivity contribution in [3.8, 4) is 11.6 Å². The van der Waals surface area contributed by atoms with Gasteiger partial charge in [-0.3, -0.25) is 4.79 Å². The highest BCUT2D eigenvalue weighted by molar-refractivity contribution is 5.94. The Balaban J connectivity index is 2.03. The summed E-state index contributed by atoms with van der Waals surface area (Å²) in [5.74, 6) is 0.879. The number of ether oxygens (including phenoxy) is 1. The number of amides is 1. The van der Waals surface area contributed by atoms with Gasteiger partial charge in [0.05, 0.1) is 5.69 Å². The second kappa shape index (κ2) is 7.38. The van der Waals surface area contributed by atoms with Crippen molar-refractivity contribution in [2.24, 2.45) is 0 Å². The van der Waals surface area contributed by atoms with Crippen LogP contribution in [-0.4, -0.2) is 22.6 Å². The minimum Gasteiger partial charge on any atom is -0.438 e. The van der Waals surface area contributed by atoms with Gasteiger partial charge in [0.1, 0.15) is 5.75 Å². The highest BCUT2D eigenvalue weighted by Gasteiger charge is 2.07. The molecule has 21 heavy (non-hydrogen) atoms. The summed E-state index contributed by atoms with van der Waals surface area (Å²) in [5.41, 5.74) is 1.40. The third kappa shape index (κ3) is 4.56. The minimum atomic E-state index is -0.0936. The topological polar surface area (TPSA) is 64.1 Å². The Morgan fingerprint density at radius 3 is 2.81 bits per heavy atom. The number of aryl methyl sites for hydroxylation is 1. The normalized spacial score (nSPS) is 10.2. The lowest BCUT2D eigenvalue weighted by Gasteiger charge is -2.07. The van der Waals surface area contributed by atoms with Gasteiger partial charge in [-0.1, -0.05) is 19.4 Å². The zero-order chi connectivity index (χ0) is 15.1. The van der Waals surface area contributed by atoms with E-state index in [1.807, 2.05) is 13.0 Å². The molecule has 1 heterocycles. The maximum Gasteiger partial charge on any atom is 0.251 e. The van der Waals surface area contributed by atoms with E-state index in [-0.39, 0.29) is 5.91 Å². The first-order valence-corrected chi connectivity index (χ1v) is 7.05. The van der Waals surface area contributed by atoms with Crippen LogP contribution >= 0.6 is 0 Å². The maximum absolute atomic E-state index is 12.0. The van der Waals surface area contributed by atoms with Crippen molar-refractivity contribution >= 4 is 5.91 Å². The Kier molecular flexibility index (Phi) is 5.26. The number of hydrogen-bond donors (Lipinski definition) is 1. The molecule has 2 aromatic rings. The Morgan fingerprint density at radius 1 is 1.24 bits per heavy atom. The van der Waals surface area contributed by atoms with Gasteiger partial charge in [0.25, 0.3) is 5.91 Å². The Hall–Kier alpha value is -2.43. The van der Waals surface area contributed by atoms with Crippen LogP contribution in [-0.2, 0) is 0 Å². The predicted octanol–water partition coefficient (Wildman–Crippen LogP) is 3.11. The second-order valence-corrected chi connectivity index (χ2v) is 4.75. The monoisotopic (exact) mass is 285 g/mol. The van der Waals surface area contributed by atoms with Crippen LogP contribution in [0.4, 0.5) is 0 Å². The molecule has 2 rings (SSSR count). The molecule has 5 nitrogen and oxygen atoms in total. The molecule has 0 aliphatic carbocycles. The average Bonchev–Trinajstić information content (AvgIpc) is 2.50. The first-order valence-electron chi connectivity index (χ1n) is 7.05. The van der Waals surface area contributed by atoms with Crippen LogP contribution in [0.3, 0.4) is 0 Å². The van der Waals surface area contributed by atoms with E-state index in [4.69, 9.17) is 4.74 Å². The SMILES string of the molecule is CCCCNC(=O)c1cccc(Oc2ccc(C)nn2)c1. The van der Waals surface area contributed by atoms with Crippen molar-refractivity contribution in [3.63, 3.8) is 0 Å². The first-order chi connectivity index (χ1) is 10.2. The maximum atomic E-state index is 12.0. The van der Waals surface area contributed by atoms with Crippen LogP contribution in [0.1, 0.15) is 35.8 Å². The van der Waals surface area contributed by atoms with E-state index in [9.17, 15) is 4.79 Å². The highest BCUT2D eigenvalue weighted by atomic mass is 16.5. The lowest BCUT2D eigenvalue weighted by Crippen LogP contribution is -2.24. The highest BCUT2D eigenvalue weighted by Crippen LogP contribution is 2.19. The van der Waals surface area contributed by atoms with E-state index < -0.39 is 0 Å². The van der Waals surface area contributed by atoms with Crippen LogP contribution in [0.15, 0.2) is 36.4 Å². The predicted molar refractivity (Wildman–Crippen MR) is 80.5 cm³/mol. The molecule has 0 saturated heterocycles. The van der Waals surface area contributed by atoms with Gasteiger partial charge < -0.3 is 10.1 Å². The molecule has 0 radical (unpaired) electrons. The number of unbranched alkanes of at least 4 members (excludes halogenated alkanes) is 1. The van der Waals surface area contributed by atoms with Crippen molar-refractivity contribution in [3.05, 3.63) is 47.7 Å². The standard InChI is InChI=1S/C16H19N3O2/c1-3-4-10-17-16(20)13-6-5-7-14(11-13)21-15-9-8-12(2)18-19-15/h5-9,11H,3-4,10H2,1-2H3,(H,17,20). The van der Waals surface area contributed by atoms with E-state index in [1.165, 1.54) is 0 Å². The van der Waals surface area contributed by atoms with Crippen LogP contribution in [0.25, 0.3) is 0 Å². The Labute approximate surface area is 124 Å². The molecule has 0 aliphatic heterocycles. The number of benzene rings is 1. The van der Waals surface area contributed by atoms with Gasteiger partial charge in [0, 0.05) is 18.2 Å². The molecule has 0 spiro atoms. The van der Waals surface area contributed by atoms with Crippen LogP contribution in [0, 0.1) is 6.92 Å². The van der Waals surface area contributed by atoms with E-state index in [0.29, 0.717) is 23.7 Å². The molecule has 0 unspecified atom stereocenters. The molecule has 1 aromatic heterocycles. The number of nitrogens with zero attached hydrogens (tertiary/aromatic N) is 2. The molecule has 0 aliphatic rings. The summed E-state index contributed by atoms with van der Waals surface area (Å²) in [7, 11) is 0. The van der Waals surface area contributed by atoms with Crippen molar-refractivity contribution in [1.82, 2.24) is 15.5 Å². The first kappa shape index (κ1) is 15.0. The summed E-state index contributed by atoms with van der Waals surface area (Å²) in [4.78, 5) is 12.0. The van der Waals surface area contributed by atoms with E-state index >= 15 is 0 Å². The summed E-state index contributed by atoms with van der Waals surface area (Å²) in [6, 6.07) is 10.6. The van der Waals surface area contributed by atoms with E-state index in [1.54, 1.807) is 30.3 Å². The summed E-state index contributed by atoms with van der Waals surface area (Å²) in [6.07, 6.45) is 2.02. The van der Waals surface area contributed by atoms with E-state index in [0.717, 1.165) is 18.5 Å². The lowest BCUT2D eigenvalue weighted by molar-refractivity contribution is 0.0953. The van der Waals surface area contributed by atoms with E-state index in [2.05, 4.69) is 22.4 Å². The zero-order valence-electron chi connectivity index (χ0n) is 12.3.